The van der Waals surface area contributed by atoms with Crippen LogP contribution in [-0.2, 0) is 13.6 Å². The van der Waals surface area contributed by atoms with E-state index in [9.17, 15) is 0 Å². The molecule has 0 aromatic carbocycles. The standard InChI is InChI=1S/C17H20N8/c1-24-11-13(9-21-24)12-25-8-2-3-15(25)14-4-5-20-17(22-14)23-16-10-18-6-7-19-16/h4-7,9-11,15H,2-3,8,12H2,1H3,(H,19,20,22,23). The van der Waals surface area contributed by atoms with Gasteiger partial charge in [-0.25, -0.2) is 15.0 Å². The van der Waals surface area contributed by atoms with E-state index in [1.54, 1.807) is 24.8 Å². The fraction of sp³-hybridized carbons (Fsp3) is 0.353. The molecule has 0 spiro atoms. The fourth-order valence-corrected chi connectivity index (χ4v) is 3.24. The molecule has 0 amide bonds. The molecule has 1 unspecified atom stereocenters. The molecule has 1 aliphatic rings. The lowest BCUT2D eigenvalue weighted by atomic mass is 10.1. The van der Waals surface area contributed by atoms with Gasteiger partial charge < -0.3 is 5.32 Å². The lowest BCUT2D eigenvalue weighted by Crippen LogP contribution is -2.23. The zero-order chi connectivity index (χ0) is 17.1. The third kappa shape index (κ3) is 3.63. The largest absolute Gasteiger partial charge is 0.307 e. The van der Waals surface area contributed by atoms with E-state index in [0.29, 0.717) is 17.8 Å². The van der Waals surface area contributed by atoms with E-state index < -0.39 is 0 Å². The summed E-state index contributed by atoms with van der Waals surface area (Å²) in [6, 6.07) is 2.29. The van der Waals surface area contributed by atoms with Crippen molar-refractivity contribution in [2.75, 3.05) is 11.9 Å². The lowest BCUT2D eigenvalue weighted by molar-refractivity contribution is 0.244. The van der Waals surface area contributed by atoms with Crippen molar-refractivity contribution in [2.45, 2.75) is 25.4 Å². The van der Waals surface area contributed by atoms with Gasteiger partial charge in [0, 0.05) is 43.9 Å². The monoisotopic (exact) mass is 336 g/mol. The minimum absolute atomic E-state index is 0.297. The molecule has 1 atom stereocenters. The molecule has 0 aliphatic carbocycles. The summed E-state index contributed by atoms with van der Waals surface area (Å²) in [5.41, 5.74) is 2.25. The second-order valence-corrected chi connectivity index (χ2v) is 6.17. The Morgan fingerprint density at radius 2 is 2.16 bits per heavy atom. The van der Waals surface area contributed by atoms with Crippen LogP contribution in [0.25, 0.3) is 0 Å². The van der Waals surface area contributed by atoms with Crippen molar-refractivity contribution in [2.24, 2.45) is 7.05 Å². The predicted octanol–water partition coefficient (Wildman–Crippen LogP) is 2.08. The van der Waals surface area contributed by atoms with Gasteiger partial charge in [-0.2, -0.15) is 5.10 Å². The highest BCUT2D eigenvalue weighted by Gasteiger charge is 2.27. The number of hydrogen-bond donors (Lipinski definition) is 1. The van der Waals surface area contributed by atoms with Gasteiger partial charge in [-0.1, -0.05) is 0 Å². The number of nitrogens with zero attached hydrogens (tertiary/aromatic N) is 7. The van der Waals surface area contributed by atoms with Gasteiger partial charge >= 0.3 is 0 Å². The zero-order valence-electron chi connectivity index (χ0n) is 14.1. The van der Waals surface area contributed by atoms with Crippen LogP contribution >= 0.6 is 0 Å². The van der Waals surface area contributed by atoms with Crippen molar-refractivity contribution in [3.8, 4) is 0 Å². The summed E-state index contributed by atoms with van der Waals surface area (Å²) in [7, 11) is 1.94. The van der Waals surface area contributed by atoms with Crippen LogP contribution in [-0.4, -0.2) is 41.2 Å². The maximum atomic E-state index is 4.69. The first kappa shape index (κ1) is 15.6. The van der Waals surface area contributed by atoms with E-state index in [4.69, 9.17) is 4.98 Å². The van der Waals surface area contributed by atoms with Gasteiger partial charge in [0.1, 0.15) is 0 Å². The first-order valence-electron chi connectivity index (χ1n) is 8.35. The summed E-state index contributed by atoms with van der Waals surface area (Å²) in [4.78, 5) is 19.7. The van der Waals surface area contributed by atoms with Crippen LogP contribution in [0.5, 0.6) is 0 Å². The van der Waals surface area contributed by atoms with E-state index in [-0.39, 0.29) is 0 Å². The van der Waals surface area contributed by atoms with Crippen molar-refractivity contribution < 1.29 is 0 Å². The fourth-order valence-electron chi connectivity index (χ4n) is 3.24. The maximum Gasteiger partial charge on any atom is 0.228 e. The van der Waals surface area contributed by atoms with Crippen LogP contribution in [0, 0.1) is 0 Å². The number of hydrogen-bond acceptors (Lipinski definition) is 7. The first-order valence-corrected chi connectivity index (χ1v) is 8.35. The summed E-state index contributed by atoms with van der Waals surface area (Å²) in [5.74, 6) is 1.18. The topological polar surface area (TPSA) is 84.7 Å². The molecule has 3 aromatic heterocycles. The van der Waals surface area contributed by atoms with Gasteiger partial charge in [-0.15, -0.1) is 0 Å². The Morgan fingerprint density at radius 3 is 2.96 bits per heavy atom. The van der Waals surface area contributed by atoms with Crippen LogP contribution in [0.3, 0.4) is 0 Å². The maximum absolute atomic E-state index is 4.69. The molecule has 1 saturated heterocycles. The normalized spacial score (nSPS) is 17.7. The third-order valence-corrected chi connectivity index (χ3v) is 4.33. The van der Waals surface area contributed by atoms with Gasteiger partial charge in [0.2, 0.25) is 5.95 Å². The Kier molecular flexibility index (Phi) is 4.34. The highest BCUT2D eigenvalue weighted by atomic mass is 15.3. The number of aromatic nitrogens is 6. The molecule has 0 bridgehead atoms. The van der Waals surface area contributed by atoms with Gasteiger partial charge in [-0.3, -0.25) is 14.6 Å². The number of likely N-dealkylation sites (tertiary alicyclic amines) is 1. The highest BCUT2D eigenvalue weighted by molar-refractivity contribution is 5.45. The Bertz CT molecular complexity index is 831. The van der Waals surface area contributed by atoms with E-state index in [1.165, 1.54) is 12.0 Å². The molecular formula is C17H20N8. The predicted molar refractivity (Wildman–Crippen MR) is 92.9 cm³/mol. The minimum Gasteiger partial charge on any atom is -0.307 e. The molecule has 1 fully saturated rings. The van der Waals surface area contributed by atoms with E-state index in [1.807, 2.05) is 24.0 Å². The smallest absolute Gasteiger partial charge is 0.228 e. The number of rotatable bonds is 5. The number of aryl methyl sites for hydroxylation is 1. The lowest BCUT2D eigenvalue weighted by Gasteiger charge is -2.23. The highest BCUT2D eigenvalue weighted by Crippen LogP contribution is 2.32. The molecule has 128 valence electrons. The zero-order valence-corrected chi connectivity index (χ0v) is 14.1. The first-order chi connectivity index (χ1) is 12.3. The van der Waals surface area contributed by atoms with Crippen molar-refractivity contribution in [1.29, 1.82) is 0 Å². The molecule has 0 saturated carbocycles. The second-order valence-electron chi connectivity index (χ2n) is 6.17. The van der Waals surface area contributed by atoms with Gasteiger partial charge in [0.15, 0.2) is 5.82 Å². The second kappa shape index (κ2) is 6.94. The van der Waals surface area contributed by atoms with Crippen molar-refractivity contribution in [1.82, 2.24) is 34.6 Å². The molecule has 4 rings (SSSR count). The molecular weight excluding hydrogens is 316 g/mol. The summed E-state index contributed by atoms with van der Waals surface area (Å²) >= 11 is 0. The molecule has 8 heteroatoms. The van der Waals surface area contributed by atoms with Crippen LogP contribution < -0.4 is 5.32 Å². The average Bonchev–Trinajstić information content (AvgIpc) is 3.25. The summed E-state index contributed by atoms with van der Waals surface area (Å²) in [5, 5.41) is 7.37. The van der Waals surface area contributed by atoms with E-state index in [2.05, 4.69) is 36.5 Å². The quantitative estimate of drug-likeness (QED) is 0.763. The van der Waals surface area contributed by atoms with Crippen LogP contribution in [0.15, 0.2) is 43.2 Å². The third-order valence-electron chi connectivity index (χ3n) is 4.33. The van der Waals surface area contributed by atoms with Gasteiger partial charge in [0.05, 0.1) is 24.1 Å². The van der Waals surface area contributed by atoms with Crippen LogP contribution in [0.1, 0.15) is 30.1 Å². The minimum atomic E-state index is 0.297. The SMILES string of the molecule is Cn1cc(CN2CCCC2c2ccnc(Nc3cnccn3)n2)cn1. The summed E-state index contributed by atoms with van der Waals surface area (Å²) in [6.45, 7) is 1.95. The van der Waals surface area contributed by atoms with Crippen LogP contribution in [0.4, 0.5) is 11.8 Å². The molecule has 1 N–H and O–H groups in total. The van der Waals surface area contributed by atoms with E-state index in [0.717, 1.165) is 25.2 Å². The molecule has 8 nitrogen and oxygen atoms in total. The molecule has 3 aromatic rings. The van der Waals surface area contributed by atoms with Crippen LogP contribution in [0.2, 0.25) is 0 Å². The van der Waals surface area contributed by atoms with E-state index >= 15 is 0 Å². The van der Waals surface area contributed by atoms with Gasteiger partial charge in [-0.05, 0) is 25.5 Å². The van der Waals surface area contributed by atoms with Crippen molar-refractivity contribution in [3.63, 3.8) is 0 Å². The molecule has 0 radical (unpaired) electrons. The van der Waals surface area contributed by atoms with Gasteiger partial charge in [0.25, 0.3) is 0 Å². The summed E-state index contributed by atoms with van der Waals surface area (Å²) in [6.07, 6.45) is 13.0. The number of anilines is 2. The Labute approximate surface area is 146 Å². The Morgan fingerprint density at radius 1 is 1.20 bits per heavy atom. The van der Waals surface area contributed by atoms with Crippen molar-refractivity contribution >= 4 is 11.8 Å². The molecule has 1 aliphatic heterocycles. The molecule has 4 heterocycles. The molecule has 25 heavy (non-hydrogen) atoms. The number of nitrogens with one attached hydrogen (secondary N) is 1. The average molecular weight is 336 g/mol. The van der Waals surface area contributed by atoms with Crippen molar-refractivity contribution in [3.05, 3.63) is 54.5 Å². The Balaban J connectivity index is 1.51. The Hall–Kier alpha value is -2.87. The summed E-state index contributed by atoms with van der Waals surface area (Å²) < 4.78 is 1.84.